The molecule has 1 aromatic rings. The fraction of sp³-hybridized carbons (Fsp3) is 0.167. The second-order valence-corrected chi connectivity index (χ2v) is 0.832. The molecule has 1 heterocycles. The van der Waals surface area contributed by atoms with Crippen LogP contribution in [0, 0.1) is 6.92 Å². The molecule has 8 heavy (non-hydrogen) atoms. The molecule has 2 heteroatoms. The van der Waals surface area contributed by atoms with Gasteiger partial charge in [-0.05, 0) is 0 Å². The number of hydrogen-bond donors (Lipinski definition) is 0. The maximum atomic E-state index is 3.72. The summed E-state index contributed by atoms with van der Waals surface area (Å²) in [5.41, 5.74) is 0. The smallest absolute Gasteiger partial charge is 0.670 e. The summed E-state index contributed by atoms with van der Waals surface area (Å²) < 4.78 is 0. The second-order valence-electron chi connectivity index (χ2n) is 0.832. The summed E-state index contributed by atoms with van der Waals surface area (Å²) in [6, 6.07) is 3.78. The van der Waals surface area contributed by atoms with E-state index in [9.17, 15) is 0 Å². The maximum Gasteiger partial charge on any atom is 2.00 e. The van der Waals surface area contributed by atoms with E-state index in [4.69, 9.17) is 0 Å². The summed E-state index contributed by atoms with van der Waals surface area (Å²) in [5, 5.41) is 0. The molecular formula is C6H9NRu. The zero-order valence-electron chi connectivity index (χ0n) is 4.82. The zero-order valence-corrected chi connectivity index (χ0v) is 6.56. The van der Waals surface area contributed by atoms with E-state index in [0.29, 0.717) is 0 Å². The Morgan fingerprint density at radius 1 is 1.12 bits per heavy atom. The molecule has 0 saturated heterocycles. The third-order valence-electron chi connectivity index (χ3n) is 0.455. The Morgan fingerprint density at radius 3 is 1.62 bits per heavy atom. The molecule has 0 spiro atoms. The van der Waals surface area contributed by atoms with Crippen molar-refractivity contribution in [2.75, 3.05) is 0 Å². The predicted octanol–water partition coefficient (Wildman–Crippen LogP) is 1.48. The van der Waals surface area contributed by atoms with E-state index in [0.717, 1.165) is 0 Å². The molecule has 46 valence electrons. The summed E-state index contributed by atoms with van der Waals surface area (Å²) in [6.45, 7) is 5.00. The van der Waals surface area contributed by atoms with Crippen LogP contribution < -0.4 is 4.98 Å². The van der Waals surface area contributed by atoms with Crippen LogP contribution in [-0.2, 0) is 19.5 Å². The fourth-order valence-electron chi connectivity index (χ4n) is 0.248. The van der Waals surface area contributed by atoms with Crippen molar-refractivity contribution in [2.45, 2.75) is 6.92 Å². The van der Waals surface area contributed by atoms with E-state index in [2.05, 4.69) is 11.9 Å². The predicted molar refractivity (Wildman–Crippen MR) is 30.8 cm³/mol. The van der Waals surface area contributed by atoms with Crippen LogP contribution in [0.15, 0.2) is 24.5 Å². The van der Waals surface area contributed by atoms with Crippen molar-refractivity contribution in [2.24, 2.45) is 0 Å². The van der Waals surface area contributed by atoms with Gasteiger partial charge in [-0.3, -0.25) is 0 Å². The van der Waals surface area contributed by atoms with E-state index in [1.165, 1.54) is 0 Å². The van der Waals surface area contributed by atoms with Crippen molar-refractivity contribution in [1.29, 1.82) is 0 Å². The van der Waals surface area contributed by atoms with E-state index >= 15 is 0 Å². The zero-order chi connectivity index (χ0) is 5.54. The first-order chi connectivity index (χ1) is 3.50. The van der Waals surface area contributed by atoms with Crippen molar-refractivity contribution in [3.63, 3.8) is 0 Å². The van der Waals surface area contributed by atoms with Crippen molar-refractivity contribution >= 4 is 0 Å². The van der Waals surface area contributed by atoms with E-state index in [1.807, 2.05) is 12.1 Å². The largest absolute Gasteiger partial charge is 2.00 e. The molecule has 0 aliphatic heterocycles. The Bertz CT molecular complexity index is 65.0. The molecule has 0 aliphatic carbocycles. The van der Waals surface area contributed by atoms with Gasteiger partial charge in [0.1, 0.15) is 0 Å². The van der Waals surface area contributed by atoms with Crippen molar-refractivity contribution < 1.29 is 19.5 Å². The molecule has 0 amide bonds. The van der Waals surface area contributed by atoms with Gasteiger partial charge in [-0.1, -0.05) is 12.1 Å². The molecule has 0 N–H and O–H groups in total. The molecular weight excluding hydrogens is 187 g/mol. The van der Waals surface area contributed by atoms with Crippen molar-refractivity contribution in [3.05, 3.63) is 31.5 Å². The number of hydrogen-bond acceptors (Lipinski definition) is 0. The molecule has 0 saturated carbocycles. The Hall–Kier alpha value is -0.0966. The van der Waals surface area contributed by atoms with Crippen LogP contribution >= 0.6 is 0 Å². The first kappa shape index (κ1) is 10.8. The minimum absolute atomic E-state index is 0. The average molecular weight is 196 g/mol. The molecule has 0 bridgehead atoms. The van der Waals surface area contributed by atoms with E-state index in [-0.39, 0.29) is 19.5 Å². The van der Waals surface area contributed by atoms with Crippen LogP contribution in [0.3, 0.4) is 0 Å². The van der Waals surface area contributed by atoms with Crippen LogP contribution in [0.5, 0.6) is 0 Å². The van der Waals surface area contributed by atoms with Gasteiger partial charge >= 0.3 is 19.5 Å². The van der Waals surface area contributed by atoms with Gasteiger partial charge in [0.2, 0.25) is 0 Å². The van der Waals surface area contributed by atoms with E-state index < -0.39 is 0 Å². The second kappa shape index (κ2) is 10.0. The molecule has 1 rings (SSSR count). The first-order valence-electron chi connectivity index (χ1n) is 2.22. The third-order valence-corrected chi connectivity index (χ3v) is 0.455. The monoisotopic (exact) mass is 197 g/mol. The van der Waals surface area contributed by atoms with Crippen LogP contribution in [0.1, 0.15) is 6.92 Å². The van der Waals surface area contributed by atoms with Gasteiger partial charge in [0, 0.05) is 0 Å². The summed E-state index contributed by atoms with van der Waals surface area (Å²) in [7, 11) is 0. The Balaban J connectivity index is 0. The van der Waals surface area contributed by atoms with Crippen molar-refractivity contribution in [1.82, 2.24) is 4.98 Å². The molecule has 0 fully saturated rings. The maximum absolute atomic E-state index is 3.72. The van der Waals surface area contributed by atoms with Gasteiger partial charge in [0.15, 0.2) is 0 Å². The first-order valence-corrected chi connectivity index (χ1v) is 2.22. The molecule has 0 radical (unpaired) electrons. The third kappa shape index (κ3) is 5.90. The van der Waals surface area contributed by atoms with Gasteiger partial charge in [-0.15, -0.1) is 0 Å². The Kier molecular flexibility index (Phi) is 13.5. The Morgan fingerprint density at radius 2 is 1.50 bits per heavy atom. The minimum Gasteiger partial charge on any atom is -0.670 e. The van der Waals surface area contributed by atoms with Crippen molar-refractivity contribution in [3.8, 4) is 0 Å². The summed E-state index contributed by atoms with van der Waals surface area (Å²) >= 11 is 0. The molecule has 1 nitrogen and oxygen atoms in total. The summed E-state index contributed by atoms with van der Waals surface area (Å²) in [6.07, 6.45) is 3.50. The number of rotatable bonds is 0. The van der Waals surface area contributed by atoms with Crippen LogP contribution in [0.25, 0.3) is 0 Å². The van der Waals surface area contributed by atoms with Gasteiger partial charge in [-0.2, -0.15) is 19.3 Å². The summed E-state index contributed by atoms with van der Waals surface area (Å²) in [5.74, 6) is 0. The van der Waals surface area contributed by atoms with Crippen LogP contribution in [0.4, 0.5) is 0 Å². The Labute approximate surface area is 63.3 Å². The van der Waals surface area contributed by atoms with Gasteiger partial charge < -0.3 is 11.9 Å². The molecule has 1 aromatic heterocycles. The average Bonchev–Trinajstić information content (AvgIpc) is 2.23. The topological polar surface area (TPSA) is 14.1 Å². The van der Waals surface area contributed by atoms with Gasteiger partial charge in [0.05, 0.1) is 0 Å². The molecule has 0 unspecified atom stereocenters. The fourth-order valence-corrected chi connectivity index (χ4v) is 0.248. The number of aromatic nitrogens is 1. The molecule has 0 atom stereocenters. The molecule has 0 aliphatic rings. The minimum atomic E-state index is 0. The van der Waals surface area contributed by atoms with Crippen LogP contribution in [0.2, 0.25) is 0 Å². The van der Waals surface area contributed by atoms with Crippen LogP contribution in [-0.4, -0.2) is 0 Å². The summed E-state index contributed by atoms with van der Waals surface area (Å²) in [4.78, 5) is 3.72. The quantitative estimate of drug-likeness (QED) is 0.453. The normalized spacial score (nSPS) is 5.75. The standard InChI is InChI=1S/C4H4N.C2H5.Ru/c1-2-4-5-3-1;1-2;/h1-4H;1H2,2H3;/q2*-1;+2. The number of nitrogens with zero attached hydrogens (tertiary/aromatic N) is 1. The van der Waals surface area contributed by atoms with Gasteiger partial charge in [0.25, 0.3) is 0 Å². The molecule has 0 aromatic carbocycles. The van der Waals surface area contributed by atoms with Gasteiger partial charge in [-0.25, -0.2) is 0 Å². The SMILES string of the molecule is [CH2-]C.[Ru+2].c1cc[n-]c1. The van der Waals surface area contributed by atoms with E-state index in [1.54, 1.807) is 19.3 Å².